The Kier molecular flexibility index (Phi) is 3.22. The van der Waals surface area contributed by atoms with Crippen LogP contribution < -0.4 is 5.32 Å². The molecule has 0 atom stereocenters. The number of hydrogen-bond acceptors (Lipinski definition) is 3. The smallest absolute Gasteiger partial charge is 0.275 e. The number of fused-ring (bicyclic) bond motifs is 2. The summed E-state index contributed by atoms with van der Waals surface area (Å²) < 4.78 is 1.88. The maximum absolute atomic E-state index is 12.9. The van der Waals surface area contributed by atoms with Gasteiger partial charge in [-0.25, -0.2) is 0 Å². The van der Waals surface area contributed by atoms with E-state index in [0.717, 1.165) is 38.0 Å². The molecule has 0 saturated carbocycles. The molecule has 0 bridgehead atoms. The molecular formula is C17H20N4O. The molecule has 1 N–H and O–H groups in total. The van der Waals surface area contributed by atoms with Crippen LogP contribution in [0.3, 0.4) is 0 Å². The molecule has 1 amide bonds. The molecule has 1 aromatic carbocycles. The van der Waals surface area contributed by atoms with Crippen molar-refractivity contribution in [3.05, 3.63) is 52.3 Å². The van der Waals surface area contributed by atoms with E-state index < -0.39 is 0 Å². The Bertz CT molecular complexity index is 734. The minimum absolute atomic E-state index is 0.0649. The third-order valence-corrected chi connectivity index (χ3v) is 4.74. The van der Waals surface area contributed by atoms with E-state index in [-0.39, 0.29) is 5.91 Å². The molecule has 3 heterocycles. The number of nitrogens with zero attached hydrogens (tertiary/aromatic N) is 3. The average Bonchev–Trinajstić information content (AvgIpc) is 2.91. The second-order valence-corrected chi connectivity index (χ2v) is 6.07. The van der Waals surface area contributed by atoms with E-state index in [1.165, 1.54) is 16.8 Å². The van der Waals surface area contributed by atoms with Crippen molar-refractivity contribution in [3.63, 3.8) is 0 Å². The van der Waals surface area contributed by atoms with Crippen molar-refractivity contribution < 1.29 is 4.79 Å². The topological polar surface area (TPSA) is 50.2 Å². The quantitative estimate of drug-likeness (QED) is 0.862. The Morgan fingerprint density at radius 1 is 1.23 bits per heavy atom. The fraction of sp³-hybridized carbons (Fsp3) is 0.412. The van der Waals surface area contributed by atoms with E-state index in [0.29, 0.717) is 12.2 Å². The van der Waals surface area contributed by atoms with E-state index in [9.17, 15) is 4.79 Å². The highest BCUT2D eigenvalue weighted by molar-refractivity contribution is 5.94. The number of aromatic nitrogens is 2. The standard InChI is InChI=1S/C17H20N4O/c1-20-15-6-8-18-10-14(15)16(19-20)17(22)21-9-7-12-4-2-3-5-13(12)11-21/h2-5,18H,6-11H2,1H3. The van der Waals surface area contributed by atoms with Crippen LogP contribution in [-0.4, -0.2) is 33.7 Å². The lowest BCUT2D eigenvalue weighted by atomic mass is 9.99. The molecule has 0 unspecified atom stereocenters. The third-order valence-electron chi connectivity index (χ3n) is 4.74. The summed E-state index contributed by atoms with van der Waals surface area (Å²) in [6.07, 6.45) is 1.87. The van der Waals surface area contributed by atoms with Gasteiger partial charge in [0.05, 0.1) is 0 Å². The van der Waals surface area contributed by atoms with E-state index in [1.807, 2.05) is 22.7 Å². The second-order valence-electron chi connectivity index (χ2n) is 6.07. The van der Waals surface area contributed by atoms with Gasteiger partial charge in [0.1, 0.15) is 0 Å². The third kappa shape index (κ3) is 2.13. The Labute approximate surface area is 129 Å². The van der Waals surface area contributed by atoms with Crippen molar-refractivity contribution in [2.24, 2.45) is 7.05 Å². The number of hydrogen-bond donors (Lipinski definition) is 1. The summed E-state index contributed by atoms with van der Waals surface area (Å²) in [5.41, 5.74) is 5.52. The van der Waals surface area contributed by atoms with Crippen molar-refractivity contribution in [3.8, 4) is 0 Å². The molecule has 114 valence electrons. The first kappa shape index (κ1) is 13.5. The first-order chi connectivity index (χ1) is 10.7. The Hall–Kier alpha value is -2.14. The number of rotatable bonds is 1. The van der Waals surface area contributed by atoms with E-state index in [4.69, 9.17) is 0 Å². The molecule has 0 radical (unpaired) electrons. The zero-order valence-corrected chi connectivity index (χ0v) is 12.8. The monoisotopic (exact) mass is 296 g/mol. The Morgan fingerprint density at radius 3 is 2.91 bits per heavy atom. The highest BCUT2D eigenvalue weighted by Gasteiger charge is 2.28. The van der Waals surface area contributed by atoms with Crippen LogP contribution in [0.1, 0.15) is 32.9 Å². The summed E-state index contributed by atoms with van der Waals surface area (Å²) in [7, 11) is 1.94. The number of amides is 1. The van der Waals surface area contributed by atoms with E-state index in [2.05, 4.69) is 28.6 Å². The van der Waals surface area contributed by atoms with Crippen LogP contribution in [-0.2, 0) is 33.0 Å². The summed E-state index contributed by atoms with van der Waals surface area (Å²) in [6.45, 7) is 3.16. The van der Waals surface area contributed by atoms with E-state index >= 15 is 0 Å². The van der Waals surface area contributed by atoms with Crippen LogP contribution in [0, 0.1) is 0 Å². The molecule has 2 aliphatic rings. The van der Waals surface area contributed by atoms with Crippen molar-refractivity contribution >= 4 is 5.91 Å². The van der Waals surface area contributed by atoms with Crippen molar-refractivity contribution in [2.45, 2.75) is 25.9 Å². The van der Waals surface area contributed by atoms with Crippen LogP contribution in [0.2, 0.25) is 0 Å². The fourth-order valence-electron chi connectivity index (χ4n) is 3.51. The van der Waals surface area contributed by atoms with Gasteiger partial charge in [-0.05, 0) is 17.5 Å². The summed E-state index contributed by atoms with van der Waals surface area (Å²) in [5.74, 6) is 0.0649. The van der Waals surface area contributed by atoms with Gasteiger partial charge in [0.25, 0.3) is 5.91 Å². The van der Waals surface area contributed by atoms with Crippen LogP contribution in [0.15, 0.2) is 24.3 Å². The zero-order valence-electron chi connectivity index (χ0n) is 12.8. The minimum Gasteiger partial charge on any atom is -0.333 e. The number of carbonyl (C=O) groups is 1. The highest BCUT2D eigenvalue weighted by atomic mass is 16.2. The van der Waals surface area contributed by atoms with Gasteiger partial charge in [-0.3, -0.25) is 9.48 Å². The molecule has 0 fully saturated rings. The van der Waals surface area contributed by atoms with Gasteiger partial charge in [0.15, 0.2) is 5.69 Å². The highest BCUT2D eigenvalue weighted by Crippen LogP contribution is 2.23. The van der Waals surface area contributed by atoms with Gasteiger partial charge in [-0.15, -0.1) is 0 Å². The second kappa shape index (κ2) is 5.25. The lowest BCUT2D eigenvalue weighted by molar-refractivity contribution is 0.0726. The Morgan fingerprint density at radius 2 is 2.05 bits per heavy atom. The molecule has 4 rings (SSSR count). The molecule has 22 heavy (non-hydrogen) atoms. The largest absolute Gasteiger partial charge is 0.333 e. The maximum Gasteiger partial charge on any atom is 0.275 e. The number of nitrogens with one attached hydrogen (secondary N) is 1. The molecule has 0 spiro atoms. The van der Waals surface area contributed by atoms with Crippen LogP contribution >= 0.6 is 0 Å². The van der Waals surface area contributed by atoms with Crippen LogP contribution in [0.5, 0.6) is 0 Å². The predicted octanol–water partition coefficient (Wildman–Crippen LogP) is 1.26. The van der Waals surface area contributed by atoms with Gasteiger partial charge in [-0.1, -0.05) is 24.3 Å². The summed E-state index contributed by atoms with van der Waals surface area (Å²) in [5, 5.41) is 7.85. The molecule has 2 aliphatic heterocycles. The zero-order chi connectivity index (χ0) is 15.1. The molecular weight excluding hydrogens is 276 g/mol. The molecule has 5 heteroatoms. The molecule has 0 saturated heterocycles. The minimum atomic E-state index is 0.0649. The normalized spacial score (nSPS) is 17.0. The van der Waals surface area contributed by atoms with Gasteiger partial charge in [0, 0.05) is 50.9 Å². The first-order valence-electron chi connectivity index (χ1n) is 7.85. The lowest BCUT2D eigenvalue weighted by Crippen LogP contribution is -2.37. The van der Waals surface area contributed by atoms with Crippen molar-refractivity contribution in [2.75, 3.05) is 13.1 Å². The van der Waals surface area contributed by atoms with Crippen LogP contribution in [0.4, 0.5) is 0 Å². The molecule has 1 aromatic heterocycles. The van der Waals surface area contributed by atoms with Crippen molar-refractivity contribution in [1.29, 1.82) is 0 Å². The van der Waals surface area contributed by atoms with Crippen molar-refractivity contribution in [1.82, 2.24) is 20.0 Å². The first-order valence-corrected chi connectivity index (χ1v) is 7.85. The lowest BCUT2D eigenvalue weighted by Gasteiger charge is -2.28. The SMILES string of the molecule is Cn1nc(C(=O)N2CCc3ccccc3C2)c2c1CCNC2. The summed E-state index contributed by atoms with van der Waals surface area (Å²) >= 11 is 0. The number of carbonyl (C=O) groups excluding carboxylic acids is 1. The fourth-order valence-corrected chi connectivity index (χ4v) is 3.51. The summed E-state index contributed by atoms with van der Waals surface area (Å²) in [4.78, 5) is 14.8. The molecule has 2 aromatic rings. The molecule has 5 nitrogen and oxygen atoms in total. The van der Waals surface area contributed by atoms with Gasteiger partial charge >= 0.3 is 0 Å². The predicted molar refractivity (Wildman–Crippen MR) is 83.5 cm³/mol. The molecule has 0 aliphatic carbocycles. The van der Waals surface area contributed by atoms with Gasteiger partial charge in [-0.2, -0.15) is 5.10 Å². The Balaban J connectivity index is 1.63. The maximum atomic E-state index is 12.9. The van der Waals surface area contributed by atoms with Gasteiger partial charge < -0.3 is 10.2 Å². The van der Waals surface area contributed by atoms with Gasteiger partial charge in [0.2, 0.25) is 0 Å². The summed E-state index contributed by atoms with van der Waals surface area (Å²) in [6, 6.07) is 8.38. The average molecular weight is 296 g/mol. The van der Waals surface area contributed by atoms with Crippen LogP contribution in [0.25, 0.3) is 0 Å². The number of benzene rings is 1. The number of aryl methyl sites for hydroxylation is 1. The van der Waals surface area contributed by atoms with E-state index in [1.54, 1.807) is 0 Å².